The average Bonchev–Trinajstić information content (AvgIpc) is 2.58. The van der Waals surface area contributed by atoms with Gasteiger partial charge in [-0.25, -0.2) is 0 Å². The van der Waals surface area contributed by atoms with Crippen LogP contribution in [0.2, 0.25) is 5.02 Å². The molecule has 3 heteroatoms. The quantitative estimate of drug-likeness (QED) is 0.405. The van der Waals surface area contributed by atoms with Crippen molar-refractivity contribution in [1.82, 2.24) is 0 Å². The van der Waals surface area contributed by atoms with Crippen LogP contribution in [0.5, 0.6) is 5.75 Å². The van der Waals surface area contributed by atoms with Crippen LogP contribution in [-0.2, 0) is 0 Å². The van der Waals surface area contributed by atoms with Crippen LogP contribution in [0.15, 0.2) is 48.5 Å². The zero-order valence-corrected chi connectivity index (χ0v) is 16.6. The van der Waals surface area contributed by atoms with Crippen molar-refractivity contribution in [3.05, 3.63) is 60.7 Å². The number of rotatable bonds is 10. The molecule has 23 heavy (non-hydrogen) atoms. The molecule has 0 aliphatic heterocycles. The minimum atomic E-state index is -0.137. The molecule has 1 nitrogen and oxygen atoms in total. The van der Waals surface area contributed by atoms with E-state index in [1.807, 2.05) is 12.1 Å². The Kier molecular flexibility index (Phi) is 8.83. The van der Waals surface area contributed by atoms with E-state index in [4.69, 9.17) is 16.3 Å². The van der Waals surface area contributed by atoms with Crippen molar-refractivity contribution in [3.63, 3.8) is 0 Å². The molecule has 126 valence electrons. The third-order valence-corrected chi connectivity index (χ3v) is 6.54. The molecular formula is C20H25ClIO-. The summed E-state index contributed by atoms with van der Waals surface area (Å²) in [5, 5.41) is 0.802. The summed E-state index contributed by atoms with van der Waals surface area (Å²) in [5.41, 5.74) is 0. The van der Waals surface area contributed by atoms with Crippen LogP contribution in [-0.4, -0.2) is 6.61 Å². The summed E-state index contributed by atoms with van der Waals surface area (Å²) in [6.45, 7) is 3.08. The zero-order valence-electron chi connectivity index (χ0n) is 13.7. The van der Waals surface area contributed by atoms with Crippen LogP contribution in [0.1, 0.15) is 45.4 Å². The molecule has 0 N–H and O–H groups in total. The molecule has 2 aromatic rings. The van der Waals surface area contributed by atoms with Gasteiger partial charge in [-0.1, -0.05) is 6.92 Å². The molecule has 0 saturated carbocycles. The molecule has 0 aliphatic rings. The Morgan fingerprint density at radius 3 is 2.00 bits per heavy atom. The Hall–Kier alpha value is -0.740. The molecular weight excluding hydrogens is 419 g/mol. The molecule has 0 bridgehead atoms. The fourth-order valence-corrected chi connectivity index (χ4v) is 4.57. The predicted octanol–water partition coefficient (Wildman–Crippen LogP) is 3.21. The van der Waals surface area contributed by atoms with Gasteiger partial charge in [-0.05, 0) is 0 Å². The fraction of sp³-hybridized carbons (Fsp3) is 0.400. The van der Waals surface area contributed by atoms with Gasteiger partial charge in [0.2, 0.25) is 0 Å². The van der Waals surface area contributed by atoms with Gasteiger partial charge in [0.05, 0.1) is 0 Å². The van der Waals surface area contributed by atoms with Gasteiger partial charge in [-0.3, -0.25) is 0 Å². The third-order valence-electron chi connectivity index (χ3n) is 3.60. The van der Waals surface area contributed by atoms with Crippen molar-refractivity contribution in [1.29, 1.82) is 0 Å². The van der Waals surface area contributed by atoms with E-state index in [0.717, 1.165) is 23.8 Å². The molecule has 0 aliphatic carbocycles. The first-order valence-corrected chi connectivity index (χ1v) is 10.9. The van der Waals surface area contributed by atoms with Crippen molar-refractivity contribution < 1.29 is 25.9 Å². The summed E-state index contributed by atoms with van der Waals surface area (Å²) in [6, 6.07) is 16.8. The number of halogens is 2. The first-order chi connectivity index (χ1) is 11.3. The van der Waals surface area contributed by atoms with Crippen molar-refractivity contribution >= 4 is 11.6 Å². The van der Waals surface area contributed by atoms with Crippen molar-refractivity contribution in [2.75, 3.05) is 6.61 Å². The maximum absolute atomic E-state index is 5.93. The molecule has 0 saturated heterocycles. The second-order valence-electron chi connectivity index (χ2n) is 5.60. The summed E-state index contributed by atoms with van der Waals surface area (Å²) in [7, 11) is 0. The number of unbranched alkanes of at least 4 members (excludes halogenated alkanes) is 5. The molecule has 0 heterocycles. The summed E-state index contributed by atoms with van der Waals surface area (Å²) >= 11 is 5.79. The monoisotopic (exact) mass is 443 g/mol. The van der Waals surface area contributed by atoms with Crippen LogP contribution in [0.25, 0.3) is 0 Å². The molecule has 0 radical (unpaired) electrons. The van der Waals surface area contributed by atoms with E-state index in [-0.39, 0.29) is 21.2 Å². The second-order valence-corrected chi connectivity index (χ2v) is 9.07. The molecule has 0 fully saturated rings. The van der Waals surface area contributed by atoms with Crippen molar-refractivity contribution in [2.24, 2.45) is 0 Å². The summed E-state index contributed by atoms with van der Waals surface area (Å²) in [4.78, 5) is 0. The Balaban J connectivity index is 1.69. The number of hydrogen-bond acceptors (Lipinski definition) is 1. The summed E-state index contributed by atoms with van der Waals surface area (Å²) in [6.07, 6.45) is 7.80. The standard InChI is InChI=1S/C20H25ClIO/c1-2-3-4-5-6-7-16-23-20-14-12-19(13-15-20)22-18-10-8-17(21)9-11-18/h8-15H,2-7,16H2,1H3/q-1. The predicted molar refractivity (Wildman–Crippen MR) is 94.2 cm³/mol. The Morgan fingerprint density at radius 1 is 0.783 bits per heavy atom. The van der Waals surface area contributed by atoms with Gasteiger partial charge in [0.1, 0.15) is 0 Å². The molecule has 0 atom stereocenters. The SMILES string of the molecule is CCCCCCCCOc1ccc([I-]c2ccc(Cl)cc2)cc1. The van der Waals surface area contributed by atoms with Gasteiger partial charge in [0.25, 0.3) is 0 Å². The van der Waals surface area contributed by atoms with E-state index < -0.39 is 0 Å². The normalized spacial score (nSPS) is 10.9. The molecule has 0 aromatic heterocycles. The molecule has 0 amide bonds. The van der Waals surface area contributed by atoms with E-state index in [0.29, 0.717) is 0 Å². The van der Waals surface area contributed by atoms with Crippen LogP contribution in [0.3, 0.4) is 0 Å². The van der Waals surface area contributed by atoms with Gasteiger partial charge in [-0.2, -0.15) is 0 Å². The average molecular weight is 444 g/mol. The molecule has 0 spiro atoms. The maximum atomic E-state index is 5.93. The van der Waals surface area contributed by atoms with Crippen LogP contribution in [0, 0.1) is 7.14 Å². The summed E-state index contributed by atoms with van der Waals surface area (Å²) in [5.74, 6) is 0.988. The third kappa shape index (κ3) is 7.58. The van der Waals surface area contributed by atoms with Crippen LogP contribution < -0.4 is 25.9 Å². The van der Waals surface area contributed by atoms with Crippen molar-refractivity contribution in [2.45, 2.75) is 45.4 Å². The van der Waals surface area contributed by atoms with E-state index >= 15 is 0 Å². The van der Waals surface area contributed by atoms with Gasteiger partial charge in [-0.15, -0.1) is 0 Å². The Morgan fingerprint density at radius 2 is 1.35 bits per heavy atom. The van der Waals surface area contributed by atoms with Gasteiger partial charge >= 0.3 is 149 Å². The Bertz CT molecular complexity index is 551. The van der Waals surface area contributed by atoms with E-state index in [2.05, 4.69) is 43.3 Å². The minimum absolute atomic E-state index is 0.137. The number of hydrogen-bond donors (Lipinski definition) is 0. The number of ether oxygens (including phenoxy) is 1. The first-order valence-electron chi connectivity index (χ1n) is 8.41. The zero-order chi connectivity index (χ0) is 16.3. The molecule has 2 rings (SSSR count). The van der Waals surface area contributed by atoms with Crippen molar-refractivity contribution in [3.8, 4) is 5.75 Å². The van der Waals surface area contributed by atoms with Crippen LogP contribution >= 0.6 is 11.6 Å². The molecule has 2 aromatic carbocycles. The fourth-order valence-electron chi connectivity index (χ4n) is 2.28. The van der Waals surface area contributed by atoms with E-state index in [1.54, 1.807) is 0 Å². The first kappa shape index (κ1) is 18.6. The van der Waals surface area contributed by atoms with Crippen LogP contribution in [0.4, 0.5) is 0 Å². The second kappa shape index (κ2) is 10.9. The molecule has 0 unspecified atom stereocenters. The topological polar surface area (TPSA) is 9.23 Å². The van der Waals surface area contributed by atoms with Gasteiger partial charge < -0.3 is 0 Å². The van der Waals surface area contributed by atoms with E-state index in [9.17, 15) is 0 Å². The van der Waals surface area contributed by atoms with Gasteiger partial charge in [0.15, 0.2) is 0 Å². The van der Waals surface area contributed by atoms with E-state index in [1.165, 1.54) is 39.2 Å². The van der Waals surface area contributed by atoms with Gasteiger partial charge in [0, 0.05) is 0 Å². The number of benzene rings is 2. The Labute approximate surface area is 155 Å². The summed E-state index contributed by atoms with van der Waals surface area (Å²) < 4.78 is 8.61.